The maximum Gasteiger partial charge on any atom is 0.320 e. The normalized spacial score (nSPS) is 35.6. The zero-order chi connectivity index (χ0) is 11.2. The van der Waals surface area contributed by atoms with Gasteiger partial charge in [-0.05, 0) is 19.8 Å². The van der Waals surface area contributed by atoms with Gasteiger partial charge in [0.2, 0.25) is 0 Å². The molecule has 1 atom stereocenters. The summed E-state index contributed by atoms with van der Waals surface area (Å²) in [5, 5.41) is 8.75. The number of hydrogen-bond acceptors (Lipinski definition) is 2. The van der Waals surface area contributed by atoms with E-state index < -0.39 is 5.97 Å². The quantitative estimate of drug-likeness (QED) is 0.729. The molecule has 1 aliphatic carbocycles. The number of carboxylic acids is 1. The fraction of sp³-hybridized carbons (Fsp3) is 0.800. The summed E-state index contributed by atoms with van der Waals surface area (Å²) >= 11 is 0. The highest BCUT2D eigenvalue weighted by Gasteiger charge is 2.44. The number of rotatable bonds is 2. The summed E-state index contributed by atoms with van der Waals surface area (Å²) in [6, 6.07) is 0.420. The number of carbonyl (C=O) groups excluding carboxylic acids is 1. The predicted octanol–water partition coefficient (Wildman–Crippen LogP) is 0.606. The van der Waals surface area contributed by atoms with Crippen LogP contribution in [0.4, 0.5) is 4.79 Å². The zero-order valence-electron chi connectivity index (χ0n) is 9.01. The summed E-state index contributed by atoms with van der Waals surface area (Å²) in [7, 11) is 1.79. The molecule has 1 unspecified atom stereocenters. The minimum Gasteiger partial charge on any atom is -0.481 e. The van der Waals surface area contributed by atoms with Crippen molar-refractivity contribution in [1.82, 2.24) is 9.80 Å². The number of urea groups is 1. The van der Waals surface area contributed by atoms with E-state index in [1.54, 1.807) is 11.9 Å². The number of carbonyl (C=O) groups is 2. The summed E-state index contributed by atoms with van der Waals surface area (Å²) in [5.74, 6) is -0.983. The molecule has 1 heterocycles. The Kier molecular flexibility index (Phi) is 2.32. The third-order valence-electron chi connectivity index (χ3n) is 3.57. The number of likely N-dealkylation sites (N-methyl/N-ethyl adjacent to an activating group) is 1. The molecule has 1 aliphatic heterocycles. The second-order valence-corrected chi connectivity index (χ2v) is 4.56. The van der Waals surface area contributed by atoms with Crippen molar-refractivity contribution < 1.29 is 14.7 Å². The summed E-state index contributed by atoms with van der Waals surface area (Å²) < 4.78 is 0. The lowest BCUT2D eigenvalue weighted by Gasteiger charge is -2.38. The van der Waals surface area contributed by atoms with Crippen LogP contribution in [0.1, 0.15) is 19.8 Å². The largest absolute Gasteiger partial charge is 0.481 e. The summed E-state index contributed by atoms with van der Waals surface area (Å²) in [6.07, 6.45) is 1.23. The van der Waals surface area contributed by atoms with Gasteiger partial charge in [-0.1, -0.05) is 0 Å². The fourth-order valence-electron chi connectivity index (χ4n) is 2.23. The van der Waals surface area contributed by atoms with Crippen molar-refractivity contribution in [2.75, 3.05) is 13.6 Å². The average molecular weight is 212 g/mol. The van der Waals surface area contributed by atoms with Crippen molar-refractivity contribution in [3.63, 3.8) is 0 Å². The molecule has 5 heteroatoms. The monoisotopic (exact) mass is 212 g/mol. The molecular weight excluding hydrogens is 196 g/mol. The van der Waals surface area contributed by atoms with Crippen molar-refractivity contribution in [1.29, 1.82) is 0 Å². The number of carboxylic acid groups (broad SMARTS) is 1. The van der Waals surface area contributed by atoms with Crippen LogP contribution in [0.25, 0.3) is 0 Å². The Balaban J connectivity index is 1.93. The first-order valence-corrected chi connectivity index (χ1v) is 5.27. The molecule has 2 fully saturated rings. The Morgan fingerprint density at radius 2 is 2.07 bits per heavy atom. The standard InChI is InChI=1S/C10H16N2O3/c1-6-5-12(10(15)11(6)2)8-3-7(4-8)9(13)14/h6-8H,3-5H2,1-2H3,(H,13,14). The van der Waals surface area contributed by atoms with Crippen LogP contribution in [0.5, 0.6) is 0 Å². The van der Waals surface area contributed by atoms with Crippen molar-refractivity contribution in [3.05, 3.63) is 0 Å². The first-order valence-electron chi connectivity index (χ1n) is 5.27. The topological polar surface area (TPSA) is 60.9 Å². The maximum atomic E-state index is 11.7. The molecule has 15 heavy (non-hydrogen) atoms. The lowest BCUT2D eigenvalue weighted by Crippen LogP contribution is -2.48. The second kappa shape index (κ2) is 3.40. The van der Waals surface area contributed by atoms with Gasteiger partial charge >= 0.3 is 12.0 Å². The number of hydrogen-bond donors (Lipinski definition) is 1. The van der Waals surface area contributed by atoms with Gasteiger partial charge in [-0.3, -0.25) is 4.79 Å². The highest BCUT2D eigenvalue weighted by atomic mass is 16.4. The van der Waals surface area contributed by atoms with Gasteiger partial charge in [-0.25, -0.2) is 4.79 Å². The molecule has 0 spiro atoms. The number of nitrogens with zero attached hydrogens (tertiary/aromatic N) is 2. The fourth-order valence-corrected chi connectivity index (χ4v) is 2.23. The molecule has 0 radical (unpaired) electrons. The molecule has 84 valence electrons. The van der Waals surface area contributed by atoms with Crippen molar-refractivity contribution in [2.45, 2.75) is 31.8 Å². The number of amides is 2. The Morgan fingerprint density at radius 1 is 1.47 bits per heavy atom. The summed E-state index contributed by atoms with van der Waals surface area (Å²) in [5.41, 5.74) is 0. The van der Waals surface area contributed by atoms with Crippen LogP contribution < -0.4 is 0 Å². The van der Waals surface area contributed by atoms with Gasteiger partial charge in [0.05, 0.1) is 5.92 Å². The molecule has 1 saturated heterocycles. The first kappa shape index (κ1) is 10.3. The van der Waals surface area contributed by atoms with E-state index in [0.29, 0.717) is 12.8 Å². The van der Waals surface area contributed by atoms with E-state index in [1.807, 2.05) is 11.8 Å². The predicted molar refractivity (Wildman–Crippen MR) is 53.5 cm³/mol. The van der Waals surface area contributed by atoms with E-state index in [4.69, 9.17) is 5.11 Å². The van der Waals surface area contributed by atoms with Gasteiger partial charge in [0.1, 0.15) is 0 Å². The van der Waals surface area contributed by atoms with Crippen molar-refractivity contribution in [2.24, 2.45) is 5.92 Å². The molecule has 1 saturated carbocycles. The Morgan fingerprint density at radius 3 is 2.47 bits per heavy atom. The maximum absolute atomic E-state index is 11.7. The highest BCUT2D eigenvalue weighted by molar-refractivity contribution is 5.78. The molecule has 5 nitrogen and oxygen atoms in total. The molecule has 0 aromatic heterocycles. The van der Waals surface area contributed by atoms with Gasteiger partial charge in [-0.2, -0.15) is 0 Å². The van der Waals surface area contributed by atoms with E-state index >= 15 is 0 Å². The second-order valence-electron chi connectivity index (χ2n) is 4.56. The smallest absolute Gasteiger partial charge is 0.320 e. The van der Waals surface area contributed by atoms with Crippen LogP contribution in [0.2, 0.25) is 0 Å². The molecular formula is C10H16N2O3. The molecule has 2 amide bonds. The lowest BCUT2D eigenvalue weighted by atomic mass is 9.79. The van der Waals surface area contributed by atoms with Crippen LogP contribution in [0.3, 0.4) is 0 Å². The van der Waals surface area contributed by atoms with Crippen LogP contribution in [-0.2, 0) is 4.79 Å². The van der Waals surface area contributed by atoms with Crippen molar-refractivity contribution >= 4 is 12.0 Å². The zero-order valence-corrected chi connectivity index (χ0v) is 9.01. The molecule has 0 aromatic rings. The van der Waals surface area contributed by atoms with Gasteiger partial charge in [-0.15, -0.1) is 0 Å². The van der Waals surface area contributed by atoms with Crippen LogP contribution >= 0.6 is 0 Å². The molecule has 0 aromatic carbocycles. The van der Waals surface area contributed by atoms with E-state index in [2.05, 4.69) is 0 Å². The molecule has 0 bridgehead atoms. The summed E-state index contributed by atoms with van der Waals surface area (Å²) in [4.78, 5) is 25.9. The van der Waals surface area contributed by atoms with Gasteiger partial charge in [0, 0.05) is 25.7 Å². The van der Waals surface area contributed by atoms with Crippen LogP contribution in [-0.4, -0.2) is 52.6 Å². The average Bonchev–Trinajstić information content (AvgIpc) is 2.31. The van der Waals surface area contributed by atoms with Gasteiger partial charge in [0.15, 0.2) is 0 Å². The third kappa shape index (κ3) is 1.56. The van der Waals surface area contributed by atoms with Crippen molar-refractivity contribution in [3.8, 4) is 0 Å². The minimum atomic E-state index is -0.737. The van der Waals surface area contributed by atoms with E-state index in [0.717, 1.165) is 6.54 Å². The summed E-state index contributed by atoms with van der Waals surface area (Å²) in [6.45, 7) is 2.73. The van der Waals surface area contributed by atoms with Gasteiger partial charge in [0.25, 0.3) is 0 Å². The van der Waals surface area contributed by atoms with Crippen LogP contribution in [0, 0.1) is 5.92 Å². The third-order valence-corrected chi connectivity index (χ3v) is 3.57. The van der Waals surface area contributed by atoms with Crippen LogP contribution in [0.15, 0.2) is 0 Å². The SMILES string of the molecule is CC1CN(C2CC(C(=O)O)C2)C(=O)N1C. The Hall–Kier alpha value is -1.26. The van der Waals surface area contributed by atoms with E-state index in [9.17, 15) is 9.59 Å². The minimum absolute atomic E-state index is 0.0383. The molecule has 1 N–H and O–H groups in total. The van der Waals surface area contributed by atoms with E-state index in [1.165, 1.54) is 0 Å². The van der Waals surface area contributed by atoms with Gasteiger partial charge < -0.3 is 14.9 Å². The van der Waals surface area contributed by atoms with E-state index in [-0.39, 0.29) is 24.0 Å². The molecule has 2 aliphatic rings. The molecule has 2 rings (SSSR count). The highest BCUT2D eigenvalue weighted by Crippen LogP contribution is 2.34. The Bertz CT molecular complexity index is 299. The first-order chi connectivity index (χ1) is 7.00. The Labute approximate surface area is 88.6 Å². The lowest BCUT2D eigenvalue weighted by molar-refractivity contribution is -0.146. The number of aliphatic carboxylic acids is 1.